The van der Waals surface area contributed by atoms with Gasteiger partial charge in [-0.3, -0.25) is 4.79 Å². The van der Waals surface area contributed by atoms with Gasteiger partial charge in [0.15, 0.2) is 0 Å². The Morgan fingerprint density at radius 1 is 1.58 bits per heavy atom. The maximum Gasteiger partial charge on any atom is 0.254 e. The first kappa shape index (κ1) is 14.2. The number of likely N-dealkylation sites (tertiary alicyclic amines) is 1. The molecule has 4 nitrogen and oxygen atoms in total. The first-order chi connectivity index (χ1) is 9.02. The summed E-state index contributed by atoms with van der Waals surface area (Å²) in [5.41, 5.74) is 1.23. The molecule has 0 aliphatic carbocycles. The fraction of sp³-hybridized carbons (Fsp3) is 0.385. The maximum atomic E-state index is 13.0. The van der Waals surface area contributed by atoms with Gasteiger partial charge in [-0.1, -0.05) is 12.1 Å². The second kappa shape index (κ2) is 5.85. The van der Waals surface area contributed by atoms with Crippen LogP contribution in [0.1, 0.15) is 23.7 Å². The smallest absolute Gasteiger partial charge is 0.254 e. The van der Waals surface area contributed by atoms with Crippen molar-refractivity contribution in [3.8, 4) is 0 Å². The SMILES string of the molecule is CC1CN(C(=O)c2ccc(F)cc2I)CC/C1=N\O. The molecule has 1 heterocycles. The molecule has 0 saturated carbocycles. The molecule has 1 aliphatic heterocycles. The van der Waals surface area contributed by atoms with Gasteiger partial charge in [0, 0.05) is 29.0 Å². The fourth-order valence-corrected chi connectivity index (χ4v) is 2.90. The van der Waals surface area contributed by atoms with Crippen LogP contribution in [0.4, 0.5) is 4.39 Å². The Morgan fingerprint density at radius 2 is 2.32 bits per heavy atom. The van der Waals surface area contributed by atoms with E-state index in [1.807, 2.05) is 29.5 Å². The van der Waals surface area contributed by atoms with Crippen LogP contribution in [-0.2, 0) is 0 Å². The van der Waals surface area contributed by atoms with Gasteiger partial charge < -0.3 is 10.1 Å². The Balaban J connectivity index is 2.17. The fourth-order valence-electron chi connectivity index (χ4n) is 2.19. The van der Waals surface area contributed by atoms with E-state index in [1.54, 1.807) is 4.90 Å². The number of benzene rings is 1. The molecular formula is C13H14FIN2O2. The normalized spacial score (nSPS) is 21.7. The van der Waals surface area contributed by atoms with Crippen molar-refractivity contribution in [3.05, 3.63) is 33.1 Å². The molecule has 1 N–H and O–H groups in total. The van der Waals surface area contributed by atoms with Crippen LogP contribution in [-0.4, -0.2) is 34.8 Å². The summed E-state index contributed by atoms with van der Waals surface area (Å²) in [4.78, 5) is 14.1. The van der Waals surface area contributed by atoms with E-state index in [0.29, 0.717) is 28.6 Å². The number of hydrogen-bond donors (Lipinski definition) is 1. The Hall–Kier alpha value is -1.18. The molecule has 1 atom stereocenters. The van der Waals surface area contributed by atoms with Crippen LogP contribution in [0.25, 0.3) is 0 Å². The molecule has 2 rings (SSSR count). The van der Waals surface area contributed by atoms with Crippen molar-refractivity contribution in [2.24, 2.45) is 11.1 Å². The van der Waals surface area contributed by atoms with E-state index in [9.17, 15) is 9.18 Å². The lowest BCUT2D eigenvalue weighted by molar-refractivity contribution is 0.0733. The summed E-state index contributed by atoms with van der Waals surface area (Å²) >= 11 is 1.96. The van der Waals surface area contributed by atoms with Crippen LogP contribution < -0.4 is 0 Å². The zero-order chi connectivity index (χ0) is 14.0. The van der Waals surface area contributed by atoms with Gasteiger partial charge in [-0.05, 0) is 40.8 Å². The van der Waals surface area contributed by atoms with Crippen molar-refractivity contribution in [1.82, 2.24) is 4.90 Å². The Labute approximate surface area is 124 Å². The van der Waals surface area contributed by atoms with Gasteiger partial charge in [0.2, 0.25) is 0 Å². The molecule has 1 unspecified atom stereocenters. The zero-order valence-electron chi connectivity index (χ0n) is 10.4. The van der Waals surface area contributed by atoms with Crippen molar-refractivity contribution in [1.29, 1.82) is 0 Å². The topological polar surface area (TPSA) is 52.9 Å². The summed E-state index contributed by atoms with van der Waals surface area (Å²) < 4.78 is 13.6. The number of carbonyl (C=O) groups excluding carboxylic acids is 1. The van der Waals surface area contributed by atoms with E-state index in [-0.39, 0.29) is 17.6 Å². The summed E-state index contributed by atoms with van der Waals surface area (Å²) in [5, 5.41) is 12.1. The number of halogens is 2. The summed E-state index contributed by atoms with van der Waals surface area (Å²) in [6, 6.07) is 4.16. The highest BCUT2D eigenvalue weighted by Gasteiger charge is 2.27. The summed E-state index contributed by atoms with van der Waals surface area (Å²) in [6.45, 7) is 2.96. The molecule has 1 saturated heterocycles. The van der Waals surface area contributed by atoms with Gasteiger partial charge in [-0.15, -0.1) is 0 Å². The van der Waals surface area contributed by atoms with E-state index in [1.165, 1.54) is 18.2 Å². The largest absolute Gasteiger partial charge is 0.411 e. The Kier molecular flexibility index (Phi) is 4.38. The molecule has 1 aromatic carbocycles. The first-order valence-electron chi connectivity index (χ1n) is 5.98. The monoisotopic (exact) mass is 376 g/mol. The molecule has 1 aromatic rings. The van der Waals surface area contributed by atoms with Gasteiger partial charge >= 0.3 is 0 Å². The number of oxime groups is 1. The van der Waals surface area contributed by atoms with E-state index < -0.39 is 0 Å². The first-order valence-corrected chi connectivity index (χ1v) is 7.06. The van der Waals surface area contributed by atoms with Crippen LogP contribution in [0.5, 0.6) is 0 Å². The van der Waals surface area contributed by atoms with Crippen molar-refractivity contribution in [2.45, 2.75) is 13.3 Å². The molecule has 102 valence electrons. The molecule has 19 heavy (non-hydrogen) atoms. The maximum absolute atomic E-state index is 13.0. The van der Waals surface area contributed by atoms with Gasteiger partial charge in [0.1, 0.15) is 5.82 Å². The van der Waals surface area contributed by atoms with Gasteiger partial charge in [-0.2, -0.15) is 0 Å². The third-order valence-electron chi connectivity index (χ3n) is 3.28. The van der Waals surface area contributed by atoms with E-state index in [4.69, 9.17) is 5.21 Å². The van der Waals surface area contributed by atoms with Gasteiger partial charge in [-0.25, -0.2) is 4.39 Å². The number of carbonyl (C=O) groups is 1. The Bertz CT molecular complexity index is 533. The molecule has 0 aromatic heterocycles. The molecule has 1 amide bonds. The average Bonchev–Trinajstić information content (AvgIpc) is 2.38. The molecule has 1 aliphatic rings. The van der Waals surface area contributed by atoms with Crippen LogP contribution in [0.3, 0.4) is 0 Å². The van der Waals surface area contributed by atoms with Crippen molar-refractivity contribution in [2.75, 3.05) is 13.1 Å². The number of hydrogen-bond acceptors (Lipinski definition) is 3. The average molecular weight is 376 g/mol. The second-order valence-electron chi connectivity index (χ2n) is 4.62. The third-order valence-corrected chi connectivity index (χ3v) is 4.17. The summed E-state index contributed by atoms with van der Waals surface area (Å²) in [7, 11) is 0. The Morgan fingerprint density at radius 3 is 2.89 bits per heavy atom. The highest BCUT2D eigenvalue weighted by atomic mass is 127. The van der Waals surface area contributed by atoms with E-state index >= 15 is 0 Å². The van der Waals surface area contributed by atoms with Crippen molar-refractivity contribution in [3.63, 3.8) is 0 Å². The molecule has 0 bridgehead atoms. The predicted molar refractivity (Wildman–Crippen MR) is 78.0 cm³/mol. The summed E-state index contributed by atoms with van der Waals surface area (Å²) in [6.07, 6.45) is 0.571. The minimum atomic E-state index is -0.345. The lowest BCUT2D eigenvalue weighted by Gasteiger charge is -2.31. The lowest BCUT2D eigenvalue weighted by Crippen LogP contribution is -2.43. The molecule has 0 spiro atoms. The quantitative estimate of drug-likeness (QED) is 0.466. The van der Waals surface area contributed by atoms with Crippen LogP contribution >= 0.6 is 22.6 Å². The highest BCUT2D eigenvalue weighted by molar-refractivity contribution is 14.1. The van der Waals surface area contributed by atoms with Gasteiger partial charge in [0.25, 0.3) is 5.91 Å². The number of rotatable bonds is 1. The molecule has 1 fully saturated rings. The van der Waals surface area contributed by atoms with E-state index in [2.05, 4.69) is 5.16 Å². The van der Waals surface area contributed by atoms with Gasteiger partial charge in [0.05, 0.1) is 11.3 Å². The minimum absolute atomic E-state index is 0.0424. The summed E-state index contributed by atoms with van der Waals surface area (Å²) in [5.74, 6) is -0.406. The number of amides is 1. The number of piperidine rings is 1. The van der Waals surface area contributed by atoms with Crippen LogP contribution in [0.15, 0.2) is 23.4 Å². The highest BCUT2D eigenvalue weighted by Crippen LogP contribution is 2.20. The molecule has 6 heteroatoms. The van der Waals surface area contributed by atoms with E-state index in [0.717, 1.165) is 5.71 Å². The minimum Gasteiger partial charge on any atom is -0.411 e. The van der Waals surface area contributed by atoms with Crippen molar-refractivity contribution < 1.29 is 14.4 Å². The molecule has 0 radical (unpaired) electrons. The molecular weight excluding hydrogens is 362 g/mol. The second-order valence-corrected chi connectivity index (χ2v) is 5.78. The van der Waals surface area contributed by atoms with Crippen molar-refractivity contribution >= 4 is 34.2 Å². The lowest BCUT2D eigenvalue weighted by atomic mass is 9.97. The zero-order valence-corrected chi connectivity index (χ0v) is 12.6. The van der Waals surface area contributed by atoms with Crippen LogP contribution in [0, 0.1) is 15.3 Å². The number of nitrogens with zero attached hydrogens (tertiary/aromatic N) is 2. The standard InChI is InChI=1S/C13H14FIN2O2/c1-8-7-17(5-4-12(8)16-19)13(18)10-3-2-9(14)6-11(10)15/h2-3,6,8,19H,4-5,7H2,1H3/b16-12+. The van der Waals surface area contributed by atoms with Crippen LogP contribution in [0.2, 0.25) is 0 Å². The third kappa shape index (κ3) is 3.05. The predicted octanol–water partition coefficient (Wildman–Crippen LogP) is 2.74.